The summed E-state index contributed by atoms with van der Waals surface area (Å²) in [6.07, 6.45) is -0.144. The van der Waals surface area contributed by atoms with Crippen molar-refractivity contribution in [3.05, 3.63) is 23.8 Å². The molecule has 1 amide bonds. The van der Waals surface area contributed by atoms with Crippen molar-refractivity contribution in [1.29, 1.82) is 0 Å². The third-order valence-corrected chi connectivity index (χ3v) is 4.48. The first-order chi connectivity index (χ1) is 10.3. The molecule has 0 unspecified atom stereocenters. The molecule has 1 aromatic carbocycles. The number of rotatable bonds is 4. The minimum Gasteiger partial charge on any atom is -0.490 e. The molecule has 1 heterocycles. The average Bonchev–Trinajstić information content (AvgIpc) is 2.46. The molecule has 0 bridgehead atoms. The van der Waals surface area contributed by atoms with Gasteiger partial charge in [-0.3, -0.25) is 4.79 Å². The Balaban J connectivity index is 2.41. The van der Waals surface area contributed by atoms with Gasteiger partial charge in [0, 0.05) is 23.8 Å². The summed E-state index contributed by atoms with van der Waals surface area (Å²) in [6, 6.07) is 4.05. The van der Waals surface area contributed by atoms with Crippen LogP contribution in [0.25, 0.3) is 0 Å². The smallest absolute Gasteiger partial charge is 0.261 e. The number of carbonyl (C=O) groups excluding carboxylic acids is 1. The molecule has 1 aliphatic heterocycles. The molecule has 1 aromatic rings. The molecule has 2 rings (SSSR count). The van der Waals surface area contributed by atoms with E-state index in [1.807, 2.05) is 13.8 Å². The highest BCUT2D eigenvalue weighted by atomic mass is 35.7. The second kappa shape index (κ2) is 6.85. The number of hydrogen-bond acceptors (Lipinski definition) is 5. The summed E-state index contributed by atoms with van der Waals surface area (Å²) < 4.78 is 33.8. The standard InChI is InChI=1S/C14H18ClNO5S/c1-10(2)21-13-4-3-11(22(15,18)19)9-12(13)14(17)16-5-7-20-8-6-16/h3-4,9-10H,5-8H2,1-2H3. The van der Waals surface area contributed by atoms with E-state index in [-0.39, 0.29) is 22.5 Å². The molecule has 1 aliphatic rings. The van der Waals surface area contributed by atoms with Gasteiger partial charge in [-0.1, -0.05) is 0 Å². The van der Waals surface area contributed by atoms with Gasteiger partial charge < -0.3 is 14.4 Å². The molecule has 1 saturated heterocycles. The van der Waals surface area contributed by atoms with Crippen molar-refractivity contribution in [3.63, 3.8) is 0 Å². The van der Waals surface area contributed by atoms with Crippen LogP contribution in [-0.2, 0) is 13.8 Å². The molecule has 0 spiro atoms. The van der Waals surface area contributed by atoms with Crippen molar-refractivity contribution in [2.75, 3.05) is 26.3 Å². The second-order valence-corrected chi connectivity index (χ2v) is 7.73. The molecule has 8 heteroatoms. The molecule has 0 aromatic heterocycles. The number of carbonyl (C=O) groups is 1. The lowest BCUT2D eigenvalue weighted by molar-refractivity contribution is 0.0299. The molecular weight excluding hydrogens is 330 g/mol. The fourth-order valence-corrected chi connectivity index (χ4v) is 2.90. The normalized spacial score (nSPS) is 15.9. The molecule has 0 radical (unpaired) electrons. The van der Waals surface area contributed by atoms with Gasteiger partial charge in [-0.25, -0.2) is 8.42 Å². The van der Waals surface area contributed by atoms with Crippen molar-refractivity contribution in [2.24, 2.45) is 0 Å². The number of nitrogens with zero attached hydrogens (tertiary/aromatic N) is 1. The van der Waals surface area contributed by atoms with Crippen molar-refractivity contribution in [2.45, 2.75) is 24.8 Å². The van der Waals surface area contributed by atoms with Gasteiger partial charge in [-0.15, -0.1) is 0 Å². The largest absolute Gasteiger partial charge is 0.490 e. The Kier molecular flexibility index (Phi) is 5.31. The van der Waals surface area contributed by atoms with Crippen LogP contribution in [0.2, 0.25) is 0 Å². The fourth-order valence-electron chi connectivity index (χ4n) is 2.12. The summed E-state index contributed by atoms with van der Waals surface area (Å²) in [5, 5.41) is 0. The number of hydrogen-bond donors (Lipinski definition) is 0. The lowest BCUT2D eigenvalue weighted by Gasteiger charge is -2.27. The minimum absolute atomic E-state index is 0.123. The number of benzene rings is 1. The molecule has 0 aliphatic carbocycles. The van der Waals surface area contributed by atoms with Crippen LogP contribution < -0.4 is 4.74 Å². The topological polar surface area (TPSA) is 72.9 Å². The number of morpholine rings is 1. The lowest BCUT2D eigenvalue weighted by Crippen LogP contribution is -2.40. The van der Waals surface area contributed by atoms with Gasteiger partial charge in [-0.05, 0) is 32.0 Å². The second-order valence-electron chi connectivity index (χ2n) is 5.17. The van der Waals surface area contributed by atoms with Crippen LogP contribution in [-0.4, -0.2) is 51.6 Å². The summed E-state index contributed by atoms with van der Waals surface area (Å²) in [6.45, 7) is 5.49. The highest BCUT2D eigenvalue weighted by Gasteiger charge is 2.24. The van der Waals surface area contributed by atoms with Crippen molar-refractivity contribution in [1.82, 2.24) is 4.90 Å². The van der Waals surface area contributed by atoms with E-state index in [4.69, 9.17) is 20.2 Å². The maximum absolute atomic E-state index is 12.6. The molecule has 0 atom stereocenters. The molecule has 122 valence electrons. The Morgan fingerprint density at radius 2 is 1.95 bits per heavy atom. The monoisotopic (exact) mass is 347 g/mol. The highest BCUT2D eigenvalue weighted by Crippen LogP contribution is 2.27. The van der Waals surface area contributed by atoms with Crippen LogP contribution in [0.15, 0.2) is 23.1 Å². The number of halogens is 1. The summed E-state index contributed by atoms with van der Waals surface area (Å²) in [5.41, 5.74) is 0.192. The summed E-state index contributed by atoms with van der Waals surface area (Å²) in [4.78, 5) is 14.1. The van der Waals surface area contributed by atoms with Crippen molar-refractivity contribution < 1.29 is 22.7 Å². The Labute approximate surface area is 134 Å². The van der Waals surface area contributed by atoms with Gasteiger partial charge in [0.15, 0.2) is 0 Å². The molecule has 22 heavy (non-hydrogen) atoms. The fraction of sp³-hybridized carbons (Fsp3) is 0.500. The van der Waals surface area contributed by atoms with E-state index >= 15 is 0 Å². The molecule has 1 fully saturated rings. The van der Waals surface area contributed by atoms with E-state index in [0.717, 1.165) is 0 Å². The Morgan fingerprint density at radius 3 is 2.50 bits per heavy atom. The highest BCUT2D eigenvalue weighted by molar-refractivity contribution is 8.13. The van der Waals surface area contributed by atoms with E-state index in [1.54, 1.807) is 4.90 Å². The Morgan fingerprint density at radius 1 is 1.32 bits per heavy atom. The van der Waals surface area contributed by atoms with E-state index < -0.39 is 9.05 Å². The van der Waals surface area contributed by atoms with Gasteiger partial charge in [0.2, 0.25) is 0 Å². The maximum atomic E-state index is 12.6. The molecule has 0 saturated carbocycles. The molecule has 6 nitrogen and oxygen atoms in total. The summed E-state index contributed by atoms with van der Waals surface area (Å²) >= 11 is 0. The predicted molar refractivity (Wildman–Crippen MR) is 82.0 cm³/mol. The molecule has 0 N–H and O–H groups in total. The van der Waals surface area contributed by atoms with Crippen LogP contribution >= 0.6 is 10.7 Å². The SMILES string of the molecule is CC(C)Oc1ccc(S(=O)(=O)Cl)cc1C(=O)N1CCOCC1. The van der Waals surface area contributed by atoms with Gasteiger partial charge in [0.05, 0.1) is 29.8 Å². The van der Waals surface area contributed by atoms with Crippen LogP contribution in [0.4, 0.5) is 0 Å². The van der Waals surface area contributed by atoms with Gasteiger partial charge >= 0.3 is 0 Å². The third kappa shape index (κ3) is 4.12. The van der Waals surface area contributed by atoms with Crippen molar-refractivity contribution in [3.8, 4) is 5.75 Å². The van der Waals surface area contributed by atoms with Gasteiger partial charge in [-0.2, -0.15) is 0 Å². The number of ether oxygens (including phenoxy) is 2. The predicted octanol–water partition coefficient (Wildman–Crippen LogP) is 1.87. The summed E-state index contributed by atoms with van der Waals surface area (Å²) in [7, 11) is 1.45. The van der Waals surface area contributed by atoms with Crippen molar-refractivity contribution >= 4 is 25.6 Å². The Hall–Kier alpha value is -1.31. The zero-order valence-corrected chi connectivity index (χ0v) is 14.0. The van der Waals surface area contributed by atoms with Crippen LogP contribution in [0.5, 0.6) is 5.75 Å². The van der Waals surface area contributed by atoms with Crippen LogP contribution in [0, 0.1) is 0 Å². The first-order valence-corrected chi connectivity index (χ1v) is 9.22. The first kappa shape index (κ1) is 17.1. The summed E-state index contributed by atoms with van der Waals surface area (Å²) in [5.74, 6) is 0.0525. The van der Waals surface area contributed by atoms with Crippen LogP contribution in [0.3, 0.4) is 0 Å². The average molecular weight is 348 g/mol. The van der Waals surface area contributed by atoms with E-state index in [9.17, 15) is 13.2 Å². The van der Waals surface area contributed by atoms with Gasteiger partial charge in [0.1, 0.15) is 5.75 Å². The Bertz CT molecular complexity index is 653. The quantitative estimate of drug-likeness (QED) is 0.777. The third-order valence-electron chi connectivity index (χ3n) is 3.12. The first-order valence-electron chi connectivity index (χ1n) is 6.91. The zero-order valence-electron chi connectivity index (χ0n) is 12.4. The zero-order chi connectivity index (χ0) is 16.3. The minimum atomic E-state index is -3.91. The lowest BCUT2D eigenvalue weighted by atomic mass is 10.1. The van der Waals surface area contributed by atoms with E-state index in [0.29, 0.717) is 32.1 Å². The van der Waals surface area contributed by atoms with Crippen LogP contribution in [0.1, 0.15) is 24.2 Å². The van der Waals surface area contributed by atoms with E-state index in [1.165, 1.54) is 18.2 Å². The molecular formula is C14H18ClNO5S. The van der Waals surface area contributed by atoms with Gasteiger partial charge in [0.25, 0.3) is 15.0 Å². The maximum Gasteiger partial charge on any atom is 0.261 e. The van der Waals surface area contributed by atoms with E-state index in [2.05, 4.69) is 0 Å². The number of amides is 1.